The number of benzene rings is 3. The van der Waals surface area contributed by atoms with Crippen molar-refractivity contribution in [3.05, 3.63) is 129 Å². The Morgan fingerprint density at radius 2 is 1.70 bits per heavy atom. The molecule has 1 atom stereocenters. The number of aryl methyl sites for hydroxylation is 1. The highest BCUT2D eigenvalue weighted by molar-refractivity contribution is 5.77. The van der Waals surface area contributed by atoms with Crippen LogP contribution >= 0.6 is 0 Å². The molecule has 1 unspecified atom stereocenters. The number of likely N-dealkylation sites (N-methyl/N-ethyl adjacent to an activating group) is 2. The Hall–Kier alpha value is -4.77. The molecule has 7 heteroatoms. The fourth-order valence-corrected chi connectivity index (χ4v) is 6.18. The number of aromatic nitrogens is 3. The van der Waals surface area contributed by atoms with Gasteiger partial charge < -0.3 is 15.1 Å². The van der Waals surface area contributed by atoms with E-state index in [1.807, 2.05) is 43.3 Å². The lowest BCUT2D eigenvalue weighted by Gasteiger charge is -2.30. The van der Waals surface area contributed by atoms with Crippen molar-refractivity contribution >= 4 is 22.7 Å². The molecule has 5 aromatic rings. The molecule has 1 saturated heterocycles. The lowest BCUT2D eigenvalue weighted by molar-refractivity contribution is 0.251. The van der Waals surface area contributed by atoms with E-state index in [0.717, 1.165) is 47.3 Å². The first-order chi connectivity index (χ1) is 22.3. The Labute approximate surface area is 271 Å². The molecule has 0 aliphatic carbocycles. The molecule has 3 heterocycles. The average molecular weight is 611 g/mol. The molecule has 1 aliphatic heterocycles. The van der Waals surface area contributed by atoms with Crippen LogP contribution in [0.5, 0.6) is 0 Å². The second kappa shape index (κ2) is 14.1. The molecule has 0 radical (unpaired) electrons. The van der Waals surface area contributed by atoms with Gasteiger partial charge in [0, 0.05) is 35.9 Å². The number of anilines is 2. The molecule has 6 rings (SSSR count). The summed E-state index contributed by atoms with van der Waals surface area (Å²) in [5.41, 5.74) is 7.39. The molecule has 2 aromatic heterocycles. The number of hydrogen-bond donors (Lipinski definition) is 1. The minimum absolute atomic E-state index is 0.164. The van der Waals surface area contributed by atoms with Crippen molar-refractivity contribution in [1.82, 2.24) is 24.3 Å². The molecule has 0 amide bonds. The first kappa shape index (κ1) is 31.2. The topological polar surface area (TPSA) is 66.3 Å². The molecule has 1 fully saturated rings. The standard InChI is InChI=1S/C39H42N6O/c1-28-10-5-6-11-29(28)15-16-32-24-35-25-40-39(41-36-19-17-31(18-20-36)33-14-9-22-44(4)26-33)42-37(35)45(38(32)46)27-34-13-8-7-12-30(34)21-23-43(2)3/h5-8,10-13,17-20,24-25,33H,9,14,21-23,26-27H2,1-4H3,(H,40,41,42). The molecular formula is C39H42N6O. The van der Waals surface area contributed by atoms with Gasteiger partial charge in [0.1, 0.15) is 5.65 Å². The number of fused-ring (bicyclic) bond motifs is 1. The highest BCUT2D eigenvalue weighted by Gasteiger charge is 2.19. The van der Waals surface area contributed by atoms with E-state index in [4.69, 9.17) is 4.98 Å². The Morgan fingerprint density at radius 1 is 0.957 bits per heavy atom. The van der Waals surface area contributed by atoms with Crippen LogP contribution in [0.15, 0.2) is 89.9 Å². The third-order valence-electron chi connectivity index (χ3n) is 8.84. The van der Waals surface area contributed by atoms with E-state index < -0.39 is 0 Å². The maximum Gasteiger partial charge on any atom is 0.268 e. The first-order valence-corrected chi connectivity index (χ1v) is 16.1. The summed E-state index contributed by atoms with van der Waals surface area (Å²) in [6.45, 7) is 5.59. The van der Waals surface area contributed by atoms with Gasteiger partial charge in [0.25, 0.3) is 5.56 Å². The number of rotatable bonds is 8. The molecule has 0 bridgehead atoms. The van der Waals surface area contributed by atoms with E-state index in [-0.39, 0.29) is 5.56 Å². The van der Waals surface area contributed by atoms with Crippen molar-refractivity contribution in [2.24, 2.45) is 0 Å². The van der Waals surface area contributed by atoms with Gasteiger partial charge in [0.2, 0.25) is 5.95 Å². The van der Waals surface area contributed by atoms with Crippen molar-refractivity contribution in [3.63, 3.8) is 0 Å². The molecule has 3 aromatic carbocycles. The Bertz CT molecular complexity index is 1950. The minimum Gasteiger partial charge on any atom is -0.324 e. The van der Waals surface area contributed by atoms with Gasteiger partial charge in [-0.15, -0.1) is 0 Å². The zero-order valence-electron chi connectivity index (χ0n) is 27.3. The number of hydrogen-bond acceptors (Lipinski definition) is 6. The second-order valence-corrected chi connectivity index (χ2v) is 12.7. The maximum absolute atomic E-state index is 14.1. The van der Waals surface area contributed by atoms with Crippen LogP contribution < -0.4 is 10.9 Å². The summed E-state index contributed by atoms with van der Waals surface area (Å²) in [7, 11) is 6.34. The second-order valence-electron chi connectivity index (χ2n) is 12.7. The fourth-order valence-electron chi connectivity index (χ4n) is 6.18. The normalized spacial score (nSPS) is 15.1. The Balaban J connectivity index is 1.37. The van der Waals surface area contributed by atoms with Crippen molar-refractivity contribution in [1.29, 1.82) is 0 Å². The lowest BCUT2D eigenvalue weighted by Crippen LogP contribution is -2.30. The summed E-state index contributed by atoms with van der Waals surface area (Å²) in [4.78, 5) is 28.2. The molecule has 7 nitrogen and oxygen atoms in total. The van der Waals surface area contributed by atoms with Gasteiger partial charge in [-0.2, -0.15) is 4.98 Å². The van der Waals surface area contributed by atoms with Crippen molar-refractivity contribution in [3.8, 4) is 11.8 Å². The van der Waals surface area contributed by atoms with Crippen LogP contribution in [0.4, 0.5) is 11.6 Å². The van der Waals surface area contributed by atoms with Gasteiger partial charge in [-0.1, -0.05) is 66.4 Å². The van der Waals surface area contributed by atoms with Crippen molar-refractivity contribution < 1.29 is 0 Å². The third-order valence-corrected chi connectivity index (χ3v) is 8.84. The van der Waals surface area contributed by atoms with E-state index in [1.54, 1.807) is 10.8 Å². The van der Waals surface area contributed by atoms with E-state index in [9.17, 15) is 4.79 Å². The quantitative estimate of drug-likeness (QED) is 0.211. The van der Waals surface area contributed by atoms with Gasteiger partial charge in [0.05, 0.1) is 12.1 Å². The highest BCUT2D eigenvalue weighted by atomic mass is 16.1. The van der Waals surface area contributed by atoms with Crippen molar-refractivity contribution in [2.75, 3.05) is 46.1 Å². The molecule has 1 aliphatic rings. The molecule has 46 heavy (non-hydrogen) atoms. The summed E-state index contributed by atoms with van der Waals surface area (Å²) in [5, 5.41) is 4.14. The Morgan fingerprint density at radius 3 is 2.46 bits per heavy atom. The van der Waals surface area contributed by atoms with Crippen LogP contribution in [0.2, 0.25) is 0 Å². The van der Waals surface area contributed by atoms with Crippen molar-refractivity contribution in [2.45, 2.75) is 38.6 Å². The van der Waals surface area contributed by atoms with Crippen LogP contribution in [0.1, 0.15) is 52.1 Å². The van der Waals surface area contributed by atoms with E-state index >= 15 is 0 Å². The summed E-state index contributed by atoms with van der Waals surface area (Å²) in [6.07, 6.45) is 5.12. The van der Waals surface area contributed by atoms with Gasteiger partial charge in [0.15, 0.2) is 0 Å². The van der Waals surface area contributed by atoms with E-state index in [0.29, 0.717) is 29.6 Å². The summed E-state index contributed by atoms with van der Waals surface area (Å²) >= 11 is 0. The van der Waals surface area contributed by atoms with Crippen LogP contribution in [-0.2, 0) is 13.0 Å². The average Bonchev–Trinajstić information content (AvgIpc) is 3.06. The van der Waals surface area contributed by atoms with E-state index in [2.05, 4.69) is 95.5 Å². The predicted octanol–water partition coefficient (Wildman–Crippen LogP) is 6.20. The van der Waals surface area contributed by atoms with Crippen LogP contribution in [-0.4, -0.2) is 65.1 Å². The maximum atomic E-state index is 14.1. The summed E-state index contributed by atoms with van der Waals surface area (Å²) < 4.78 is 1.75. The lowest BCUT2D eigenvalue weighted by atomic mass is 9.91. The molecule has 0 saturated carbocycles. The van der Waals surface area contributed by atoms with Gasteiger partial charge in [-0.25, -0.2) is 4.98 Å². The minimum atomic E-state index is -0.164. The van der Waals surface area contributed by atoms with Crippen LogP contribution in [0.25, 0.3) is 11.0 Å². The summed E-state index contributed by atoms with van der Waals surface area (Å²) in [5.74, 6) is 7.40. The van der Waals surface area contributed by atoms with E-state index in [1.165, 1.54) is 30.5 Å². The number of nitrogens with zero attached hydrogens (tertiary/aromatic N) is 5. The number of likely N-dealkylation sites (tertiary alicyclic amines) is 1. The Kier molecular flexibility index (Phi) is 9.58. The SMILES string of the molecule is Cc1ccccc1C#Cc1cc2cnc(Nc3ccc(C4CCCN(C)C4)cc3)nc2n(Cc2ccccc2CCN(C)C)c1=O. The van der Waals surface area contributed by atoms with Gasteiger partial charge >= 0.3 is 0 Å². The fraction of sp³-hybridized carbons (Fsp3) is 0.308. The summed E-state index contributed by atoms with van der Waals surface area (Å²) in [6, 6.07) is 26.7. The zero-order chi connectivity index (χ0) is 32.0. The zero-order valence-corrected chi connectivity index (χ0v) is 27.3. The van der Waals surface area contributed by atoms with Gasteiger partial charge in [-0.3, -0.25) is 9.36 Å². The van der Waals surface area contributed by atoms with Crippen LogP contribution in [0.3, 0.4) is 0 Å². The third kappa shape index (κ3) is 7.37. The smallest absolute Gasteiger partial charge is 0.268 e. The largest absolute Gasteiger partial charge is 0.324 e. The number of piperidine rings is 1. The van der Waals surface area contributed by atoms with Crippen LogP contribution in [0, 0.1) is 18.8 Å². The molecule has 234 valence electrons. The van der Waals surface area contributed by atoms with Gasteiger partial charge in [-0.05, 0) is 106 Å². The highest BCUT2D eigenvalue weighted by Crippen LogP contribution is 2.28. The molecule has 0 spiro atoms. The monoisotopic (exact) mass is 610 g/mol. The molecule has 1 N–H and O–H groups in total. The molecular weight excluding hydrogens is 568 g/mol. The first-order valence-electron chi connectivity index (χ1n) is 16.1. The number of nitrogens with one attached hydrogen (secondary N) is 1. The number of pyridine rings is 1. The predicted molar refractivity (Wildman–Crippen MR) is 188 cm³/mol.